The number of aryl methyl sites for hydroxylation is 1. The summed E-state index contributed by atoms with van der Waals surface area (Å²) in [5.74, 6) is 0.454. The van der Waals surface area contributed by atoms with E-state index in [0.717, 1.165) is 19.4 Å². The Hall–Kier alpha value is -2.50. The van der Waals surface area contributed by atoms with Gasteiger partial charge in [0.25, 0.3) is 0 Å². The Morgan fingerprint density at radius 1 is 1.12 bits per heavy atom. The molecule has 5 nitrogen and oxygen atoms in total. The minimum absolute atomic E-state index is 0.361. The number of carboxylic acid groups (broad SMARTS) is 1. The lowest BCUT2D eigenvalue weighted by molar-refractivity contribution is 0.0697. The molecule has 5 heteroatoms. The normalized spacial score (nSPS) is 22.5. The van der Waals surface area contributed by atoms with Crippen molar-refractivity contribution in [3.8, 4) is 0 Å². The lowest BCUT2D eigenvalue weighted by Gasteiger charge is -2.35. The van der Waals surface area contributed by atoms with Crippen LogP contribution in [0.15, 0.2) is 59.6 Å². The highest BCUT2D eigenvalue weighted by atomic mass is 16.4. The van der Waals surface area contributed by atoms with Gasteiger partial charge in [0, 0.05) is 31.3 Å². The second-order valence-electron chi connectivity index (χ2n) is 9.60. The molecule has 2 aliphatic rings. The monoisotopic (exact) mass is 447 g/mol. The summed E-state index contributed by atoms with van der Waals surface area (Å²) in [7, 11) is 1.89. The maximum absolute atomic E-state index is 11.0. The van der Waals surface area contributed by atoms with Crippen molar-refractivity contribution in [1.82, 2.24) is 10.2 Å². The minimum Gasteiger partial charge on any atom is -0.478 e. The number of carboxylic acids is 1. The van der Waals surface area contributed by atoms with Crippen molar-refractivity contribution in [2.24, 2.45) is 10.9 Å². The van der Waals surface area contributed by atoms with E-state index in [2.05, 4.69) is 51.8 Å². The zero-order valence-corrected chi connectivity index (χ0v) is 19.7. The van der Waals surface area contributed by atoms with Crippen molar-refractivity contribution in [3.63, 3.8) is 0 Å². The number of nitrogens with one attached hydrogen (secondary N) is 1. The van der Waals surface area contributed by atoms with Gasteiger partial charge in [-0.15, -0.1) is 0 Å². The van der Waals surface area contributed by atoms with Crippen LogP contribution in [0.4, 0.5) is 0 Å². The number of rotatable bonds is 11. The number of benzene rings is 2. The molecule has 0 bridgehead atoms. The largest absolute Gasteiger partial charge is 0.478 e. The maximum atomic E-state index is 11.0. The van der Waals surface area contributed by atoms with E-state index in [-0.39, 0.29) is 0 Å². The third-order valence-electron chi connectivity index (χ3n) is 7.27. The van der Waals surface area contributed by atoms with Crippen LogP contribution in [0.3, 0.4) is 0 Å². The fourth-order valence-corrected chi connectivity index (χ4v) is 5.17. The van der Waals surface area contributed by atoms with E-state index in [9.17, 15) is 4.79 Å². The first-order valence-electron chi connectivity index (χ1n) is 12.4. The Morgan fingerprint density at radius 2 is 1.85 bits per heavy atom. The molecule has 0 spiro atoms. The quantitative estimate of drug-likeness (QED) is 0.389. The van der Waals surface area contributed by atoms with Crippen LogP contribution in [0, 0.1) is 5.92 Å². The number of aromatic carboxylic acids is 1. The van der Waals surface area contributed by atoms with E-state index in [1.54, 1.807) is 12.1 Å². The summed E-state index contributed by atoms with van der Waals surface area (Å²) in [6.07, 6.45) is 9.16. The Bertz CT molecular complexity index is 904. The Balaban J connectivity index is 1.16. The molecular formula is C28H37N3O2. The second-order valence-corrected chi connectivity index (χ2v) is 9.60. The zero-order valence-electron chi connectivity index (χ0n) is 19.7. The van der Waals surface area contributed by atoms with Gasteiger partial charge in [0.1, 0.15) is 0 Å². The number of unbranched alkanes of at least 4 members (excludes halogenated alkanes) is 1. The molecule has 2 aromatic rings. The molecule has 1 heterocycles. The van der Waals surface area contributed by atoms with Crippen LogP contribution >= 0.6 is 0 Å². The second kappa shape index (κ2) is 11.6. The predicted octanol–water partition coefficient (Wildman–Crippen LogP) is 4.63. The summed E-state index contributed by atoms with van der Waals surface area (Å²) < 4.78 is 0. The van der Waals surface area contributed by atoms with Crippen LogP contribution in [-0.2, 0) is 6.42 Å². The number of nitrogens with zero attached hydrogens (tertiary/aromatic N) is 2. The third-order valence-corrected chi connectivity index (χ3v) is 7.27. The lowest BCUT2D eigenvalue weighted by Crippen LogP contribution is -2.45. The number of likely N-dealkylation sites (tertiary alicyclic amines) is 1. The van der Waals surface area contributed by atoms with Gasteiger partial charge in [-0.25, -0.2) is 4.79 Å². The Labute approximate surface area is 197 Å². The van der Waals surface area contributed by atoms with Crippen molar-refractivity contribution >= 4 is 12.2 Å². The van der Waals surface area contributed by atoms with Crippen LogP contribution < -0.4 is 5.32 Å². The molecule has 1 unspecified atom stereocenters. The summed E-state index contributed by atoms with van der Waals surface area (Å²) >= 11 is 0. The summed E-state index contributed by atoms with van der Waals surface area (Å²) in [6.45, 7) is 3.49. The van der Waals surface area contributed by atoms with Gasteiger partial charge in [-0.05, 0) is 87.3 Å². The maximum Gasteiger partial charge on any atom is 0.335 e. The van der Waals surface area contributed by atoms with E-state index < -0.39 is 5.97 Å². The topological polar surface area (TPSA) is 64.9 Å². The van der Waals surface area contributed by atoms with Gasteiger partial charge < -0.3 is 15.3 Å². The number of hydrogen-bond acceptors (Lipinski definition) is 4. The number of aliphatic imine (C=N–C) groups is 1. The minimum atomic E-state index is -0.860. The third kappa shape index (κ3) is 6.75. The number of carbonyl (C=O) groups is 1. The van der Waals surface area contributed by atoms with Gasteiger partial charge >= 0.3 is 5.97 Å². The summed E-state index contributed by atoms with van der Waals surface area (Å²) in [6, 6.07) is 19.1. The molecule has 2 aromatic carbocycles. The number of piperidine rings is 1. The highest BCUT2D eigenvalue weighted by Gasteiger charge is 2.40. The summed E-state index contributed by atoms with van der Waals surface area (Å²) in [5.41, 5.74) is 3.04. The molecule has 2 fully saturated rings. The van der Waals surface area contributed by atoms with Crippen molar-refractivity contribution in [3.05, 3.63) is 71.3 Å². The molecule has 0 aromatic heterocycles. The molecule has 33 heavy (non-hydrogen) atoms. The van der Waals surface area contributed by atoms with Crippen LogP contribution in [0.1, 0.15) is 59.5 Å². The predicted molar refractivity (Wildman–Crippen MR) is 134 cm³/mol. The van der Waals surface area contributed by atoms with Gasteiger partial charge in [-0.2, -0.15) is 0 Å². The van der Waals surface area contributed by atoms with Crippen LogP contribution in [0.5, 0.6) is 0 Å². The first-order chi connectivity index (χ1) is 16.1. The fourth-order valence-electron chi connectivity index (χ4n) is 5.17. The van der Waals surface area contributed by atoms with Crippen molar-refractivity contribution in [1.29, 1.82) is 0 Å². The van der Waals surface area contributed by atoms with Crippen molar-refractivity contribution < 1.29 is 9.90 Å². The highest BCUT2D eigenvalue weighted by molar-refractivity contribution is 5.87. The molecule has 176 valence electrons. The molecule has 1 aliphatic heterocycles. The van der Waals surface area contributed by atoms with Gasteiger partial charge in [-0.3, -0.25) is 4.99 Å². The van der Waals surface area contributed by atoms with Crippen molar-refractivity contribution in [2.45, 2.75) is 56.5 Å². The Morgan fingerprint density at radius 3 is 2.52 bits per heavy atom. The van der Waals surface area contributed by atoms with Gasteiger partial charge in [0.2, 0.25) is 0 Å². The van der Waals surface area contributed by atoms with E-state index in [4.69, 9.17) is 5.11 Å². The van der Waals surface area contributed by atoms with Crippen LogP contribution in [0.25, 0.3) is 0 Å². The summed E-state index contributed by atoms with van der Waals surface area (Å²) in [5, 5.41) is 12.9. The van der Waals surface area contributed by atoms with E-state index in [0.29, 0.717) is 29.5 Å². The van der Waals surface area contributed by atoms with E-state index in [1.807, 2.05) is 19.2 Å². The van der Waals surface area contributed by atoms with Gasteiger partial charge in [0.15, 0.2) is 0 Å². The average Bonchev–Trinajstić information content (AvgIpc) is 3.62. The molecule has 0 radical (unpaired) electrons. The first kappa shape index (κ1) is 23.7. The standard InChI is InChI=1S/C28H37N3O2/c1-29-20-27(30-26-19-25(26)22-8-3-2-4-9-22)23-14-17-31(18-15-23)16-6-5-7-21-10-12-24(13-11-21)28(32)33/h2-4,8-13,20,23,25-27,30H,5-7,14-19H2,1H3,(H,32,33)/t25-,26+,27?/m0/s1. The average molecular weight is 448 g/mol. The van der Waals surface area contributed by atoms with Crippen LogP contribution in [-0.4, -0.2) is 61.0 Å². The molecule has 1 aliphatic carbocycles. The van der Waals surface area contributed by atoms with E-state index >= 15 is 0 Å². The molecule has 1 saturated carbocycles. The van der Waals surface area contributed by atoms with Crippen molar-refractivity contribution in [2.75, 3.05) is 26.7 Å². The molecule has 4 rings (SSSR count). The molecule has 2 N–H and O–H groups in total. The fraction of sp³-hybridized carbons (Fsp3) is 0.500. The molecule has 3 atom stereocenters. The zero-order chi connectivity index (χ0) is 23.0. The summed E-state index contributed by atoms with van der Waals surface area (Å²) in [4.78, 5) is 17.9. The first-order valence-corrected chi connectivity index (χ1v) is 12.4. The highest BCUT2D eigenvalue weighted by Crippen LogP contribution is 2.41. The van der Waals surface area contributed by atoms with Gasteiger partial charge in [-0.1, -0.05) is 42.5 Å². The van der Waals surface area contributed by atoms with Gasteiger partial charge in [0.05, 0.1) is 5.56 Å². The number of hydrogen-bond donors (Lipinski definition) is 2. The van der Waals surface area contributed by atoms with Crippen LogP contribution in [0.2, 0.25) is 0 Å². The Kier molecular flexibility index (Phi) is 8.30. The molecule has 1 saturated heterocycles. The lowest BCUT2D eigenvalue weighted by atomic mass is 9.89. The molecule has 0 amide bonds. The SMILES string of the molecule is CN=CC(N[C@@H]1C[C@H]1c1ccccc1)C1CCN(CCCCc2ccc(C(=O)O)cc2)CC1. The smallest absolute Gasteiger partial charge is 0.335 e. The van der Waals surface area contributed by atoms with E-state index in [1.165, 1.54) is 49.9 Å². The molecular weight excluding hydrogens is 410 g/mol.